The van der Waals surface area contributed by atoms with Crippen LogP contribution in [-0.4, -0.2) is 25.6 Å². The molecule has 1 aliphatic rings. The van der Waals surface area contributed by atoms with E-state index in [9.17, 15) is 13.6 Å². The van der Waals surface area contributed by atoms with Crippen LogP contribution < -0.4 is 4.74 Å². The van der Waals surface area contributed by atoms with Crippen molar-refractivity contribution in [3.05, 3.63) is 29.8 Å². The van der Waals surface area contributed by atoms with Gasteiger partial charge in [0.05, 0.1) is 12.5 Å². The van der Waals surface area contributed by atoms with Crippen LogP contribution in [0.4, 0.5) is 8.78 Å². The molecule has 0 amide bonds. The van der Waals surface area contributed by atoms with Gasteiger partial charge in [-0.3, -0.25) is 4.79 Å². The number of rotatable bonds is 10. The van der Waals surface area contributed by atoms with E-state index in [0.29, 0.717) is 18.8 Å². The standard InChI is InChI=1S/C21H30F2O3/c1-2-3-4-5-14-25-19-12-10-17(11-13-19)16-6-8-18(9-7-16)21(24)26-15-20(22)23/h10-13,16,18,20H,2-9,14-15H2,1H3. The molecule has 0 unspecified atom stereocenters. The number of carbonyl (C=O) groups excluding carboxylic acids is 1. The zero-order valence-electron chi connectivity index (χ0n) is 15.6. The summed E-state index contributed by atoms with van der Waals surface area (Å²) in [6.45, 7) is 2.16. The molecule has 1 aromatic rings. The fourth-order valence-corrected chi connectivity index (χ4v) is 3.48. The summed E-state index contributed by atoms with van der Waals surface area (Å²) in [5.41, 5.74) is 1.25. The van der Waals surface area contributed by atoms with Crippen molar-refractivity contribution >= 4 is 5.97 Å². The maximum absolute atomic E-state index is 12.1. The molecule has 2 rings (SSSR count). The lowest BCUT2D eigenvalue weighted by atomic mass is 9.79. The van der Waals surface area contributed by atoms with E-state index in [4.69, 9.17) is 4.74 Å². The molecule has 146 valence electrons. The Bertz CT molecular complexity index is 523. The van der Waals surface area contributed by atoms with Crippen LogP contribution in [0.15, 0.2) is 24.3 Å². The molecule has 5 heteroatoms. The SMILES string of the molecule is CCCCCCOc1ccc(C2CCC(C(=O)OCC(F)F)CC2)cc1. The van der Waals surface area contributed by atoms with Gasteiger partial charge in [0.25, 0.3) is 6.43 Å². The first-order valence-electron chi connectivity index (χ1n) is 9.77. The van der Waals surface area contributed by atoms with E-state index < -0.39 is 19.0 Å². The highest BCUT2D eigenvalue weighted by Gasteiger charge is 2.28. The molecule has 0 aliphatic heterocycles. The maximum Gasteiger partial charge on any atom is 0.309 e. The molecule has 1 aromatic carbocycles. The predicted octanol–water partition coefficient (Wildman–Crippen LogP) is 5.73. The lowest BCUT2D eigenvalue weighted by molar-refractivity contribution is -0.153. The van der Waals surface area contributed by atoms with Gasteiger partial charge in [-0.05, 0) is 55.7 Å². The van der Waals surface area contributed by atoms with E-state index in [0.717, 1.165) is 31.6 Å². The fraction of sp³-hybridized carbons (Fsp3) is 0.667. The number of ether oxygens (including phenoxy) is 2. The van der Waals surface area contributed by atoms with Gasteiger partial charge in [-0.1, -0.05) is 38.3 Å². The molecule has 0 saturated heterocycles. The van der Waals surface area contributed by atoms with Crippen molar-refractivity contribution in [3.63, 3.8) is 0 Å². The number of hydrogen-bond donors (Lipinski definition) is 0. The molecular weight excluding hydrogens is 338 g/mol. The van der Waals surface area contributed by atoms with Crippen LogP contribution in [0.5, 0.6) is 5.75 Å². The average molecular weight is 368 g/mol. The molecule has 0 N–H and O–H groups in total. The highest BCUT2D eigenvalue weighted by molar-refractivity contribution is 5.72. The van der Waals surface area contributed by atoms with Gasteiger partial charge >= 0.3 is 5.97 Å². The minimum Gasteiger partial charge on any atom is -0.494 e. The van der Waals surface area contributed by atoms with Crippen molar-refractivity contribution < 1.29 is 23.0 Å². The number of benzene rings is 1. The second-order valence-corrected chi connectivity index (χ2v) is 7.05. The van der Waals surface area contributed by atoms with Crippen LogP contribution in [-0.2, 0) is 9.53 Å². The van der Waals surface area contributed by atoms with Crippen LogP contribution in [0.3, 0.4) is 0 Å². The van der Waals surface area contributed by atoms with E-state index >= 15 is 0 Å². The highest BCUT2D eigenvalue weighted by Crippen LogP contribution is 2.36. The lowest BCUT2D eigenvalue weighted by Crippen LogP contribution is -2.24. The van der Waals surface area contributed by atoms with Crippen LogP contribution in [0, 0.1) is 5.92 Å². The second-order valence-electron chi connectivity index (χ2n) is 7.05. The zero-order valence-corrected chi connectivity index (χ0v) is 15.6. The van der Waals surface area contributed by atoms with Crippen molar-refractivity contribution in [2.75, 3.05) is 13.2 Å². The van der Waals surface area contributed by atoms with Crippen molar-refractivity contribution in [2.45, 2.75) is 70.6 Å². The van der Waals surface area contributed by atoms with Gasteiger partial charge in [0.1, 0.15) is 5.75 Å². The molecule has 0 radical (unpaired) electrons. The normalized spacial score (nSPS) is 20.2. The molecule has 0 spiro atoms. The Hall–Kier alpha value is -1.65. The van der Waals surface area contributed by atoms with E-state index in [1.54, 1.807) is 0 Å². The minimum atomic E-state index is -2.59. The summed E-state index contributed by atoms with van der Waals surface area (Å²) >= 11 is 0. The number of alkyl halides is 2. The smallest absolute Gasteiger partial charge is 0.309 e. The lowest BCUT2D eigenvalue weighted by Gasteiger charge is -2.27. The van der Waals surface area contributed by atoms with Crippen LogP contribution in [0.1, 0.15) is 69.8 Å². The molecular formula is C21H30F2O3. The molecule has 26 heavy (non-hydrogen) atoms. The van der Waals surface area contributed by atoms with Crippen LogP contribution in [0.2, 0.25) is 0 Å². The first-order valence-corrected chi connectivity index (χ1v) is 9.77. The molecule has 0 bridgehead atoms. The first kappa shape index (κ1) is 20.7. The number of hydrogen-bond acceptors (Lipinski definition) is 3. The number of carbonyl (C=O) groups is 1. The monoisotopic (exact) mass is 368 g/mol. The van der Waals surface area contributed by atoms with E-state index in [1.807, 2.05) is 12.1 Å². The van der Waals surface area contributed by atoms with Crippen LogP contribution in [0.25, 0.3) is 0 Å². The Morgan fingerprint density at radius 2 is 1.77 bits per heavy atom. The fourth-order valence-electron chi connectivity index (χ4n) is 3.48. The molecule has 1 fully saturated rings. The van der Waals surface area contributed by atoms with E-state index in [2.05, 4.69) is 23.8 Å². The third kappa shape index (κ3) is 6.93. The first-order chi connectivity index (χ1) is 12.6. The van der Waals surface area contributed by atoms with Crippen molar-refractivity contribution in [2.24, 2.45) is 5.92 Å². The molecule has 3 nitrogen and oxygen atoms in total. The quantitative estimate of drug-likeness (QED) is 0.391. The van der Waals surface area contributed by atoms with Gasteiger partial charge < -0.3 is 9.47 Å². The van der Waals surface area contributed by atoms with Gasteiger partial charge in [0.15, 0.2) is 6.61 Å². The van der Waals surface area contributed by atoms with Crippen molar-refractivity contribution in [1.29, 1.82) is 0 Å². The third-order valence-electron chi connectivity index (χ3n) is 5.03. The largest absolute Gasteiger partial charge is 0.494 e. The van der Waals surface area contributed by atoms with Gasteiger partial charge in [-0.15, -0.1) is 0 Å². The second kappa shape index (κ2) is 11.1. The molecule has 1 aliphatic carbocycles. The molecule has 0 aromatic heterocycles. The summed E-state index contributed by atoms with van der Waals surface area (Å²) in [5, 5.41) is 0. The van der Waals surface area contributed by atoms with Gasteiger partial charge in [0, 0.05) is 0 Å². The van der Waals surface area contributed by atoms with E-state index in [-0.39, 0.29) is 5.92 Å². The van der Waals surface area contributed by atoms with Gasteiger partial charge in [-0.2, -0.15) is 0 Å². The van der Waals surface area contributed by atoms with Gasteiger partial charge in [-0.25, -0.2) is 8.78 Å². The number of unbranched alkanes of at least 4 members (excludes halogenated alkanes) is 3. The molecule has 1 saturated carbocycles. The number of esters is 1. The van der Waals surface area contributed by atoms with Crippen molar-refractivity contribution in [3.8, 4) is 5.75 Å². The Morgan fingerprint density at radius 3 is 2.38 bits per heavy atom. The Balaban J connectivity index is 1.72. The minimum absolute atomic E-state index is 0.240. The van der Waals surface area contributed by atoms with Crippen LogP contribution >= 0.6 is 0 Å². The predicted molar refractivity (Wildman–Crippen MR) is 97.7 cm³/mol. The summed E-state index contributed by atoms with van der Waals surface area (Å²) in [5.74, 6) is 0.591. The topological polar surface area (TPSA) is 35.5 Å². The molecule has 0 heterocycles. The maximum atomic E-state index is 12.1. The number of halogens is 2. The van der Waals surface area contributed by atoms with Gasteiger partial charge in [0.2, 0.25) is 0 Å². The summed E-state index contributed by atoms with van der Waals surface area (Å²) < 4.78 is 34.7. The van der Waals surface area contributed by atoms with E-state index in [1.165, 1.54) is 24.8 Å². The Kier molecular flexibility index (Phi) is 8.86. The van der Waals surface area contributed by atoms with Crippen molar-refractivity contribution in [1.82, 2.24) is 0 Å². The Labute approximate surface area is 155 Å². The highest BCUT2D eigenvalue weighted by atomic mass is 19.3. The Morgan fingerprint density at radius 1 is 1.08 bits per heavy atom. The summed E-state index contributed by atoms with van der Waals surface area (Å²) in [7, 11) is 0. The average Bonchev–Trinajstić information content (AvgIpc) is 2.66. The zero-order chi connectivity index (χ0) is 18.8. The summed E-state index contributed by atoms with van der Waals surface area (Å²) in [6.07, 6.45) is 5.32. The third-order valence-corrected chi connectivity index (χ3v) is 5.03. The summed E-state index contributed by atoms with van der Waals surface area (Å²) in [4.78, 5) is 11.8. The summed E-state index contributed by atoms with van der Waals surface area (Å²) in [6, 6.07) is 8.22. The molecule has 0 atom stereocenters.